The molecule has 0 bridgehead atoms. The number of ether oxygens (including phenoxy) is 1. The fraction of sp³-hybridized carbons (Fsp3) is 0.154. The van der Waals surface area contributed by atoms with E-state index < -0.39 is 22.7 Å². The van der Waals surface area contributed by atoms with Crippen molar-refractivity contribution in [2.24, 2.45) is 0 Å². The zero-order valence-electron chi connectivity index (χ0n) is 11.1. The molecule has 0 amide bonds. The van der Waals surface area contributed by atoms with Gasteiger partial charge in [-0.2, -0.15) is 13.2 Å². The van der Waals surface area contributed by atoms with Crippen molar-refractivity contribution >= 4 is 32.6 Å². The van der Waals surface area contributed by atoms with Crippen molar-refractivity contribution in [3.63, 3.8) is 0 Å². The Morgan fingerprint density at radius 2 is 2.00 bits per heavy atom. The highest BCUT2D eigenvalue weighted by atomic mass is 79.9. The van der Waals surface area contributed by atoms with E-state index in [1.165, 1.54) is 31.5 Å². The van der Waals surface area contributed by atoms with Crippen molar-refractivity contribution in [3.8, 4) is 5.88 Å². The smallest absolute Gasteiger partial charge is 0.417 e. The summed E-state index contributed by atoms with van der Waals surface area (Å²) in [7, 11) is -0.768. The maximum Gasteiger partial charge on any atom is 0.417 e. The molecule has 1 unspecified atom stereocenters. The lowest BCUT2D eigenvalue weighted by atomic mass is 10.2. The standard InChI is InChI=1S/C13H10BrF3N2O2S/c1-21-12-10(6-8(14)7-18-12)19-22(20)11-5-3-2-4-9(11)13(15,16)17/h2-7,19H,1H3. The minimum absolute atomic E-state index is 0.126. The molecule has 0 aliphatic carbocycles. The first kappa shape index (κ1) is 16.8. The van der Waals surface area contributed by atoms with Crippen molar-refractivity contribution in [2.45, 2.75) is 11.1 Å². The number of benzene rings is 1. The molecule has 0 spiro atoms. The largest absolute Gasteiger partial charge is 0.480 e. The second-order valence-electron chi connectivity index (χ2n) is 4.08. The Morgan fingerprint density at radius 1 is 1.32 bits per heavy atom. The molecule has 1 heterocycles. The van der Waals surface area contributed by atoms with E-state index in [0.29, 0.717) is 4.47 Å². The molecule has 0 fully saturated rings. The summed E-state index contributed by atoms with van der Waals surface area (Å²) in [5, 5.41) is 0. The Bertz CT molecular complexity index is 710. The second kappa shape index (κ2) is 6.66. The lowest BCUT2D eigenvalue weighted by Gasteiger charge is -2.14. The average Bonchev–Trinajstić information content (AvgIpc) is 2.46. The number of hydrogen-bond donors (Lipinski definition) is 1. The monoisotopic (exact) mass is 394 g/mol. The molecule has 22 heavy (non-hydrogen) atoms. The summed E-state index contributed by atoms with van der Waals surface area (Å²) in [5.41, 5.74) is -0.741. The van der Waals surface area contributed by atoms with Crippen LogP contribution < -0.4 is 9.46 Å². The fourth-order valence-corrected chi connectivity index (χ4v) is 3.05. The van der Waals surface area contributed by atoms with Gasteiger partial charge in [0.2, 0.25) is 5.88 Å². The molecule has 9 heteroatoms. The van der Waals surface area contributed by atoms with E-state index in [4.69, 9.17) is 4.74 Å². The summed E-state index contributed by atoms with van der Waals surface area (Å²) in [6, 6.07) is 6.18. The quantitative estimate of drug-likeness (QED) is 0.852. The maximum atomic E-state index is 13.0. The molecule has 2 rings (SSSR count). The van der Waals surface area contributed by atoms with Crippen molar-refractivity contribution in [3.05, 3.63) is 46.6 Å². The predicted octanol–water partition coefficient (Wildman–Crippen LogP) is 4.01. The van der Waals surface area contributed by atoms with Gasteiger partial charge >= 0.3 is 6.18 Å². The van der Waals surface area contributed by atoms with Gasteiger partial charge in [-0.15, -0.1) is 0 Å². The van der Waals surface area contributed by atoms with Gasteiger partial charge in [-0.1, -0.05) is 12.1 Å². The van der Waals surface area contributed by atoms with Crippen molar-refractivity contribution in [1.82, 2.24) is 4.98 Å². The first-order chi connectivity index (χ1) is 10.3. The average molecular weight is 395 g/mol. The Labute approximate surface area is 135 Å². The third kappa shape index (κ3) is 3.77. The van der Waals surface area contributed by atoms with E-state index in [1.807, 2.05) is 0 Å². The topological polar surface area (TPSA) is 51.2 Å². The Morgan fingerprint density at radius 3 is 2.64 bits per heavy atom. The number of methoxy groups -OCH3 is 1. The number of nitrogens with zero attached hydrogens (tertiary/aromatic N) is 1. The number of aromatic nitrogens is 1. The van der Waals surface area contributed by atoms with Crippen LogP contribution in [0.1, 0.15) is 5.56 Å². The first-order valence-corrected chi connectivity index (χ1v) is 7.81. The molecule has 0 aliphatic heterocycles. The molecule has 1 aromatic heterocycles. The van der Waals surface area contributed by atoms with Gasteiger partial charge in [0.15, 0.2) is 11.0 Å². The summed E-state index contributed by atoms with van der Waals surface area (Å²) in [5.74, 6) is 0.126. The molecular weight excluding hydrogens is 385 g/mol. The summed E-state index contributed by atoms with van der Waals surface area (Å²) < 4.78 is 59.1. The van der Waals surface area contributed by atoms with Crippen LogP contribution in [0, 0.1) is 0 Å². The van der Waals surface area contributed by atoms with Crippen molar-refractivity contribution in [2.75, 3.05) is 11.8 Å². The van der Waals surface area contributed by atoms with Crippen LogP contribution in [0.5, 0.6) is 5.88 Å². The lowest BCUT2D eigenvalue weighted by molar-refractivity contribution is -0.139. The minimum atomic E-state index is -4.59. The Kier molecular flexibility index (Phi) is 5.07. The molecule has 0 aliphatic rings. The molecule has 0 saturated heterocycles. The van der Waals surface area contributed by atoms with Crippen molar-refractivity contribution in [1.29, 1.82) is 0 Å². The Balaban J connectivity index is 2.37. The third-order valence-electron chi connectivity index (χ3n) is 2.61. The first-order valence-electron chi connectivity index (χ1n) is 5.87. The van der Waals surface area contributed by atoms with Crippen molar-refractivity contribution < 1.29 is 22.1 Å². The number of alkyl halides is 3. The van der Waals surface area contributed by atoms with Crippen LogP contribution in [0.15, 0.2) is 45.9 Å². The van der Waals surface area contributed by atoms with Crippen LogP contribution in [-0.2, 0) is 17.2 Å². The number of pyridine rings is 1. The van der Waals surface area contributed by atoms with Gasteiger partial charge in [0.1, 0.15) is 5.69 Å². The van der Waals surface area contributed by atoms with E-state index in [-0.39, 0.29) is 16.5 Å². The SMILES string of the molecule is COc1ncc(Br)cc1NS(=O)c1ccccc1C(F)(F)F. The predicted molar refractivity (Wildman–Crippen MR) is 80.0 cm³/mol. The zero-order valence-corrected chi connectivity index (χ0v) is 13.6. The highest BCUT2D eigenvalue weighted by Crippen LogP contribution is 2.34. The molecule has 4 nitrogen and oxygen atoms in total. The molecule has 0 saturated carbocycles. The van der Waals surface area contributed by atoms with Crippen LogP contribution in [0.4, 0.5) is 18.9 Å². The van der Waals surface area contributed by atoms with Gasteiger partial charge in [0.05, 0.1) is 17.6 Å². The number of rotatable bonds is 4. The van der Waals surface area contributed by atoms with Gasteiger partial charge in [0, 0.05) is 10.7 Å². The molecule has 2 aromatic rings. The van der Waals surface area contributed by atoms with Gasteiger partial charge in [0.25, 0.3) is 0 Å². The van der Waals surface area contributed by atoms with E-state index in [0.717, 1.165) is 12.1 Å². The second-order valence-corrected chi connectivity index (χ2v) is 6.17. The van der Waals surface area contributed by atoms with Crippen LogP contribution >= 0.6 is 15.9 Å². The lowest BCUT2D eigenvalue weighted by Crippen LogP contribution is -2.14. The fourth-order valence-electron chi connectivity index (χ4n) is 1.68. The highest BCUT2D eigenvalue weighted by Gasteiger charge is 2.34. The van der Waals surface area contributed by atoms with Crippen LogP contribution in [-0.4, -0.2) is 16.3 Å². The normalized spacial score (nSPS) is 12.8. The number of anilines is 1. The molecule has 1 aromatic carbocycles. The van der Waals surface area contributed by atoms with Gasteiger partial charge in [-0.3, -0.25) is 4.72 Å². The van der Waals surface area contributed by atoms with Crippen LogP contribution in [0.2, 0.25) is 0 Å². The summed E-state index contributed by atoms with van der Waals surface area (Å²) in [6.45, 7) is 0. The summed E-state index contributed by atoms with van der Waals surface area (Å²) in [4.78, 5) is 3.56. The van der Waals surface area contributed by atoms with E-state index in [1.54, 1.807) is 0 Å². The zero-order chi connectivity index (χ0) is 16.3. The minimum Gasteiger partial charge on any atom is -0.480 e. The Hall–Kier alpha value is -1.61. The molecule has 0 radical (unpaired) electrons. The molecule has 118 valence electrons. The highest BCUT2D eigenvalue weighted by molar-refractivity contribution is 9.10. The number of halogens is 4. The van der Waals surface area contributed by atoms with E-state index >= 15 is 0 Å². The number of hydrogen-bond acceptors (Lipinski definition) is 3. The van der Waals surface area contributed by atoms with E-state index in [2.05, 4.69) is 25.6 Å². The van der Waals surface area contributed by atoms with Gasteiger partial charge < -0.3 is 4.74 Å². The van der Waals surface area contributed by atoms with Gasteiger partial charge in [-0.25, -0.2) is 9.19 Å². The molecule has 1 atom stereocenters. The molecular formula is C13H10BrF3N2O2S. The van der Waals surface area contributed by atoms with Crippen LogP contribution in [0.3, 0.4) is 0 Å². The molecule has 1 N–H and O–H groups in total. The third-order valence-corrected chi connectivity index (χ3v) is 4.20. The van der Waals surface area contributed by atoms with Crippen LogP contribution in [0.25, 0.3) is 0 Å². The summed E-state index contributed by atoms with van der Waals surface area (Å²) >= 11 is 3.18. The number of nitrogens with one attached hydrogen (secondary N) is 1. The summed E-state index contributed by atoms with van der Waals surface area (Å²) in [6.07, 6.45) is -3.13. The van der Waals surface area contributed by atoms with E-state index in [9.17, 15) is 17.4 Å². The van der Waals surface area contributed by atoms with Gasteiger partial charge in [-0.05, 0) is 34.1 Å². The maximum absolute atomic E-state index is 13.0.